The Morgan fingerprint density at radius 3 is 2.48 bits per heavy atom. The number of hydrogen-bond donors (Lipinski definition) is 1. The molecule has 2 aromatic rings. The molecule has 0 saturated heterocycles. The monoisotopic (exact) mass is 331 g/mol. The van der Waals surface area contributed by atoms with E-state index in [4.69, 9.17) is 4.74 Å². The molecule has 0 saturated carbocycles. The molecule has 0 spiro atoms. The third-order valence-electron chi connectivity index (χ3n) is 3.00. The summed E-state index contributed by atoms with van der Waals surface area (Å²) in [5.74, 6) is 0.465. The molecule has 6 heteroatoms. The van der Waals surface area contributed by atoms with E-state index < -0.39 is 5.97 Å². The van der Waals surface area contributed by atoms with Crippen molar-refractivity contribution in [1.82, 2.24) is 0 Å². The maximum atomic E-state index is 12.0. The van der Waals surface area contributed by atoms with Crippen molar-refractivity contribution in [1.29, 1.82) is 0 Å². The molecule has 0 aliphatic rings. The maximum absolute atomic E-state index is 12.0. The van der Waals surface area contributed by atoms with Crippen LogP contribution in [0.15, 0.2) is 53.4 Å². The Hall–Kier alpha value is -2.47. The lowest BCUT2D eigenvalue weighted by Gasteiger charge is -2.07. The fourth-order valence-corrected chi connectivity index (χ4v) is 2.61. The first-order chi connectivity index (χ1) is 11.1. The lowest BCUT2D eigenvalue weighted by Crippen LogP contribution is -2.13. The molecule has 1 N–H and O–H groups in total. The van der Waals surface area contributed by atoms with E-state index >= 15 is 0 Å². The van der Waals surface area contributed by atoms with Crippen molar-refractivity contribution in [3.05, 3.63) is 54.1 Å². The molecule has 0 aromatic heterocycles. The van der Waals surface area contributed by atoms with Gasteiger partial charge in [0.05, 0.1) is 25.5 Å². The molecule has 0 atom stereocenters. The predicted molar refractivity (Wildman–Crippen MR) is 90.1 cm³/mol. The van der Waals surface area contributed by atoms with Crippen LogP contribution < -0.4 is 10.1 Å². The van der Waals surface area contributed by atoms with Crippen LogP contribution in [0.3, 0.4) is 0 Å². The van der Waals surface area contributed by atoms with Crippen molar-refractivity contribution in [3.8, 4) is 5.75 Å². The molecule has 1 amide bonds. The Morgan fingerprint density at radius 2 is 1.83 bits per heavy atom. The molecule has 5 nitrogen and oxygen atoms in total. The van der Waals surface area contributed by atoms with Crippen LogP contribution in [0.5, 0.6) is 5.75 Å². The minimum atomic E-state index is -0.393. The van der Waals surface area contributed by atoms with Gasteiger partial charge in [0.2, 0.25) is 5.91 Å². The number of ether oxygens (including phenoxy) is 2. The van der Waals surface area contributed by atoms with Crippen molar-refractivity contribution in [2.75, 3.05) is 25.3 Å². The Kier molecular flexibility index (Phi) is 6.05. The Balaban J connectivity index is 1.89. The van der Waals surface area contributed by atoms with Crippen LogP contribution in [0.2, 0.25) is 0 Å². The number of rotatable bonds is 6. The van der Waals surface area contributed by atoms with Crippen molar-refractivity contribution >= 4 is 29.3 Å². The minimum absolute atomic E-state index is 0.122. The predicted octanol–water partition coefficient (Wildman–Crippen LogP) is 3.21. The zero-order chi connectivity index (χ0) is 16.7. The Labute approximate surface area is 139 Å². The minimum Gasteiger partial charge on any atom is -0.497 e. The first-order valence-corrected chi connectivity index (χ1v) is 7.86. The summed E-state index contributed by atoms with van der Waals surface area (Å²) in [6.45, 7) is 0. The van der Waals surface area contributed by atoms with E-state index in [1.807, 2.05) is 6.07 Å². The highest BCUT2D eigenvalue weighted by Crippen LogP contribution is 2.20. The summed E-state index contributed by atoms with van der Waals surface area (Å²) in [6.07, 6.45) is 0. The zero-order valence-corrected chi connectivity index (χ0v) is 13.7. The van der Waals surface area contributed by atoms with Crippen LogP contribution >= 0.6 is 11.8 Å². The van der Waals surface area contributed by atoms with E-state index in [0.29, 0.717) is 11.3 Å². The van der Waals surface area contributed by atoms with Gasteiger partial charge in [0.1, 0.15) is 5.75 Å². The van der Waals surface area contributed by atoms with Gasteiger partial charge in [0.15, 0.2) is 0 Å². The molecule has 0 bridgehead atoms. The number of methoxy groups -OCH3 is 2. The van der Waals surface area contributed by atoms with E-state index in [0.717, 1.165) is 10.6 Å². The summed E-state index contributed by atoms with van der Waals surface area (Å²) < 4.78 is 9.74. The number of benzene rings is 2. The second-order valence-electron chi connectivity index (χ2n) is 4.58. The van der Waals surface area contributed by atoms with Crippen LogP contribution in [0.4, 0.5) is 5.69 Å². The van der Waals surface area contributed by atoms with Crippen molar-refractivity contribution in [2.24, 2.45) is 0 Å². The van der Waals surface area contributed by atoms with Gasteiger partial charge in [-0.05, 0) is 42.5 Å². The Morgan fingerprint density at radius 1 is 1.09 bits per heavy atom. The van der Waals surface area contributed by atoms with Gasteiger partial charge in [-0.1, -0.05) is 6.07 Å². The number of anilines is 1. The molecular weight excluding hydrogens is 314 g/mol. The fraction of sp³-hybridized carbons (Fsp3) is 0.176. The van der Waals surface area contributed by atoms with Gasteiger partial charge in [-0.25, -0.2) is 4.79 Å². The Bertz CT molecular complexity index is 685. The third kappa shape index (κ3) is 5.03. The van der Waals surface area contributed by atoms with Crippen LogP contribution in [-0.2, 0) is 9.53 Å². The number of thioether (sulfide) groups is 1. The zero-order valence-electron chi connectivity index (χ0n) is 12.9. The van der Waals surface area contributed by atoms with Gasteiger partial charge in [0.25, 0.3) is 0 Å². The van der Waals surface area contributed by atoms with Gasteiger partial charge in [-0.15, -0.1) is 11.8 Å². The van der Waals surface area contributed by atoms with E-state index in [-0.39, 0.29) is 11.7 Å². The number of hydrogen-bond acceptors (Lipinski definition) is 5. The SMILES string of the molecule is COC(=O)c1cccc(SCC(=O)Nc2ccc(OC)cc2)c1. The van der Waals surface area contributed by atoms with Crippen LogP contribution in [0, 0.1) is 0 Å². The molecule has 0 fully saturated rings. The van der Waals surface area contributed by atoms with E-state index in [9.17, 15) is 9.59 Å². The van der Waals surface area contributed by atoms with E-state index in [2.05, 4.69) is 10.1 Å². The van der Waals surface area contributed by atoms with Gasteiger partial charge >= 0.3 is 5.97 Å². The number of esters is 1. The number of amides is 1. The largest absolute Gasteiger partial charge is 0.497 e. The topological polar surface area (TPSA) is 64.6 Å². The number of carbonyl (C=O) groups is 2. The highest BCUT2D eigenvalue weighted by atomic mass is 32.2. The molecule has 2 aromatic carbocycles. The highest BCUT2D eigenvalue weighted by molar-refractivity contribution is 8.00. The number of carbonyl (C=O) groups excluding carboxylic acids is 2. The van der Waals surface area contributed by atoms with Crippen molar-refractivity contribution in [2.45, 2.75) is 4.90 Å². The third-order valence-corrected chi connectivity index (χ3v) is 3.99. The lowest BCUT2D eigenvalue weighted by atomic mass is 10.2. The fourth-order valence-electron chi connectivity index (χ4n) is 1.85. The highest BCUT2D eigenvalue weighted by Gasteiger charge is 2.08. The normalized spacial score (nSPS) is 10.0. The summed E-state index contributed by atoms with van der Waals surface area (Å²) >= 11 is 1.35. The number of nitrogens with one attached hydrogen (secondary N) is 1. The smallest absolute Gasteiger partial charge is 0.337 e. The van der Waals surface area contributed by atoms with E-state index in [1.165, 1.54) is 18.9 Å². The lowest BCUT2D eigenvalue weighted by molar-refractivity contribution is -0.113. The van der Waals surface area contributed by atoms with Crippen molar-refractivity contribution in [3.63, 3.8) is 0 Å². The van der Waals surface area contributed by atoms with Gasteiger partial charge in [0, 0.05) is 10.6 Å². The molecule has 2 rings (SSSR count). The average Bonchev–Trinajstić information content (AvgIpc) is 2.60. The summed E-state index contributed by atoms with van der Waals surface area (Å²) in [5, 5.41) is 2.81. The summed E-state index contributed by atoms with van der Waals surface area (Å²) in [4.78, 5) is 24.3. The average molecular weight is 331 g/mol. The standard InChI is InChI=1S/C17H17NO4S/c1-21-14-8-6-13(7-9-14)18-16(19)11-23-15-5-3-4-12(10-15)17(20)22-2/h3-10H,11H2,1-2H3,(H,18,19). The second-order valence-corrected chi connectivity index (χ2v) is 5.63. The van der Waals surface area contributed by atoms with Gasteiger partial charge < -0.3 is 14.8 Å². The van der Waals surface area contributed by atoms with Crippen molar-refractivity contribution < 1.29 is 19.1 Å². The summed E-state index contributed by atoms with van der Waals surface area (Å²) in [5.41, 5.74) is 1.17. The van der Waals surface area contributed by atoms with Crippen LogP contribution in [-0.4, -0.2) is 31.8 Å². The van der Waals surface area contributed by atoms with Crippen LogP contribution in [0.25, 0.3) is 0 Å². The van der Waals surface area contributed by atoms with Gasteiger partial charge in [-0.2, -0.15) is 0 Å². The first kappa shape index (κ1) is 16.9. The molecule has 0 heterocycles. The molecule has 23 heavy (non-hydrogen) atoms. The van der Waals surface area contributed by atoms with Crippen LogP contribution in [0.1, 0.15) is 10.4 Å². The molecule has 120 valence electrons. The summed E-state index contributed by atoms with van der Waals surface area (Å²) in [6, 6.07) is 14.1. The van der Waals surface area contributed by atoms with E-state index in [1.54, 1.807) is 49.6 Å². The van der Waals surface area contributed by atoms with Gasteiger partial charge in [-0.3, -0.25) is 4.79 Å². The molecule has 0 unspecified atom stereocenters. The molecule has 0 radical (unpaired) electrons. The second kappa shape index (κ2) is 8.24. The maximum Gasteiger partial charge on any atom is 0.337 e. The quantitative estimate of drug-likeness (QED) is 0.650. The first-order valence-electron chi connectivity index (χ1n) is 6.87. The summed E-state index contributed by atoms with van der Waals surface area (Å²) in [7, 11) is 2.93. The molecule has 0 aliphatic heterocycles. The molecule has 0 aliphatic carbocycles. The molecular formula is C17H17NO4S.